The molecule has 1 aliphatic heterocycles. The molecule has 0 saturated carbocycles. The molecule has 1 saturated heterocycles. The van der Waals surface area contributed by atoms with Gasteiger partial charge in [-0.25, -0.2) is 0 Å². The molecule has 0 bridgehead atoms. The van der Waals surface area contributed by atoms with Gasteiger partial charge in [0, 0.05) is 24.6 Å². The minimum atomic E-state index is 0.0648. The van der Waals surface area contributed by atoms with Crippen LogP contribution in [0.3, 0.4) is 0 Å². The molecule has 0 aromatic carbocycles. The summed E-state index contributed by atoms with van der Waals surface area (Å²) in [6, 6.07) is 0.652. The highest BCUT2D eigenvalue weighted by Gasteiger charge is 2.20. The Morgan fingerprint density at radius 1 is 1.59 bits per heavy atom. The van der Waals surface area contributed by atoms with Crippen molar-refractivity contribution in [3.63, 3.8) is 0 Å². The van der Waals surface area contributed by atoms with Gasteiger partial charge in [-0.1, -0.05) is 18.2 Å². The first kappa shape index (κ1) is 12.4. The van der Waals surface area contributed by atoms with E-state index in [0.717, 1.165) is 25.0 Å². The van der Waals surface area contributed by atoms with Crippen molar-refractivity contribution < 1.29 is 4.79 Å². The molecule has 93 valence electrons. The average Bonchev–Trinajstić information content (AvgIpc) is 2.76. The molecule has 2 rings (SSSR count). The van der Waals surface area contributed by atoms with Crippen molar-refractivity contribution in [2.45, 2.75) is 31.7 Å². The van der Waals surface area contributed by atoms with Crippen LogP contribution in [0.25, 0.3) is 0 Å². The number of likely N-dealkylation sites (tertiary alicyclic amines) is 1. The van der Waals surface area contributed by atoms with Crippen molar-refractivity contribution in [1.29, 1.82) is 0 Å². The number of amides is 1. The van der Waals surface area contributed by atoms with Crippen LogP contribution in [0.5, 0.6) is 0 Å². The van der Waals surface area contributed by atoms with Crippen LogP contribution in [0.15, 0.2) is 23.8 Å². The Bertz CT molecular complexity index is 333. The molecule has 0 spiro atoms. The number of hydrogen-bond acceptors (Lipinski definition) is 2. The third kappa shape index (κ3) is 3.43. The zero-order chi connectivity index (χ0) is 12.1. The second-order valence-electron chi connectivity index (χ2n) is 4.81. The van der Waals surface area contributed by atoms with Crippen LogP contribution in [0, 0.1) is 6.42 Å². The molecule has 1 aliphatic carbocycles. The summed E-state index contributed by atoms with van der Waals surface area (Å²) < 4.78 is 0. The fraction of sp³-hybridized carbons (Fsp3) is 0.571. The van der Waals surface area contributed by atoms with Gasteiger partial charge in [0.15, 0.2) is 0 Å². The van der Waals surface area contributed by atoms with E-state index in [-0.39, 0.29) is 5.91 Å². The Labute approximate surface area is 104 Å². The predicted octanol–water partition coefficient (Wildman–Crippen LogP) is 1.68. The second-order valence-corrected chi connectivity index (χ2v) is 4.81. The van der Waals surface area contributed by atoms with Gasteiger partial charge in [-0.15, -0.1) is 0 Å². The monoisotopic (exact) mass is 233 g/mol. The Morgan fingerprint density at radius 3 is 3.12 bits per heavy atom. The average molecular weight is 233 g/mol. The van der Waals surface area contributed by atoms with Crippen LogP contribution in [0.1, 0.15) is 25.7 Å². The lowest BCUT2D eigenvalue weighted by Crippen LogP contribution is -2.32. The molecular weight excluding hydrogens is 212 g/mol. The molecule has 0 aromatic rings. The van der Waals surface area contributed by atoms with E-state index in [2.05, 4.69) is 17.3 Å². The first-order valence-electron chi connectivity index (χ1n) is 6.46. The molecule has 2 aliphatic rings. The summed E-state index contributed by atoms with van der Waals surface area (Å²) in [5, 5.41) is 3.00. The number of carbonyl (C=O) groups is 1. The number of rotatable bonds is 4. The summed E-state index contributed by atoms with van der Waals surface area (Å²) in [5.74, 6) is 0.0648. The zero-order valence-corrected chi connectivity index (χ0v) is 10.5. The van der Waals surface area contributed by atoms with Gasteiger partial charge in [-0.3, -0.25) is 4.79 Å². The van der Waals surface area contributed by atoms with Gasteiger partial charge in [-0.2, -0.15) is 0 Å². The van der Waals surface area contributed by atoms with Crippen LogP contribution >= 0.6 is 0 Å². The standard InChI is InChI=1S/C14H21N2O/c1-16-11-5-8-13(16)9-10-15-14(17)12-6-3-2-4-7-12/h2-3,6-7,13H,4-5,8-11H2,1H3,(H,15,17). The van der Waals surface area contributed by atoms with E-state index in [1.165, 1.54) is 19.4 Å². The summed E-state index contributed by atoms with van der Waals surface area (Å²) >= 11 is 0. The quantitative estimate of drug-likeness (QED) is 0.801. The Balaban J connectivity index is 1.69. The molecule has 0 aromatic heterocycles. The predicted molar refractivity (Wildman–Crippen MR) is 69.4 cm³/mol. The van der Waals surface area contributed by atoms with Crippen LogP contribution in [-0.4, -0.2) is 37.0 Å². The Hall–Kier alpha value is -1.09. The minimum absolute atomic E-state index is 0.0648. The van der Waals surface area contributed by atoms with E-state index in [9.17, 15) is 4.79 Å². The number of allylic oxidation sites excluding steroid dienone is 3. The lowest BCUT2D eigenvalue weighted by Gasteiger charge is -2.19. The van der Waals surface area contributed by atoms with Crippen LogP contribution in [0.2, 0.25) is 0 Å². The third-order valence-electron chi connectivity index (χ3n) is 3.58. The molecule has 3 heteroatoms. The van der Waals surface area contributed by atoms with Crippen molar-refractivity contribution in [3.05, 3.63) is 30.2 Å². The van der Waals surface area contributed by atoms with Crippen molar-refractivity contribution in [2.75, 3.05) is 20.1 Å². The molecule has 1 atom stereocenters. The normalized spacial score (nSPS) is 24.8. The Kier molecular flexibility index (Phi) is 4.37. The number of carbonyl (C=O) groups excluding carboxylic acids is 1. The maximum absolute atomic E-state index is 11.8. The van der Waals surface area contributed by atoms with E-state index in [1.54, 1.807) is 0 Å². The first-order valence-corrected chi connectivity index (χ1v) is 6.46. The topological polar surface area (TPSA) is 32.3 Å². The SMILES string of the molecule is CN1CCCC1CCNC(=O)C1=CC=CC[CH]1. The van der Waals surface area contributed by atoms with Crippen molar-refractivity contribution in [3.8, 4) is 0 Å². The van der Waals surface area contributed by atoms with Gasteiger partial charge in [-0.05, 0) is 39.3 Å². The number of hydrogen-bond donors (Lipinski definition) is 1. The first-order chi connectivity index (χ1) is 8.27. The smallest absolute Gasteiger partial charge is 0.247 e. The fourth-order valence-corrected chi connectivity index (χ4v) is 2.48. The molecule has 1 heterocycles. The fourth-order valence-electron chi connectivity index (χ4n) is 2.48. The molecule has 17 heavy (non-hydrogen) atoms. The van der Waals surface area contributed by atoms with Gasteiger partial charge in [0.2, 0.25) is 5.91 Å². The third-order valence-corrected chi connectivity index (χ3v) is 3.58. The molecular formula is C14H21N2O. The van der Waals surface area contributed by atoms with Crippen molar-refractivity contribution >= 4 is 5.91 Å². The second kappa shape index (κ2) is 6.01. The van der Waals surface area contributed by atoms with Gasteiger partial charge < -0.3 is 10.2 Å². The summed E-state index contributed by atoms with van der Waals surface area (Å²) in [4.78, 5) is 14.2. The number of nitrogens with one attached hydrogen (secondary N) is 1. The highest BCUT2D eigenvalue weighted by molar-refractivity contribution is 5.96. The molecule has 1 fully saturated rings. The van der Waals surface area contributed by atoms with Crippen molar-refractivity contribution in [1.82, 2.24) is 10.2 Å². The molecule has 1 radical (unpaired) electrons. The molecule has 1 unspecified atom stereocenters. The summed E-state index contributed by atoms with van der Waals surface area (Å²) in [6.45, 7) is 1.98. The summed E-state index contributed by atoms with van der Waals surface area (Å²) in [7, 11) is 2.17. The molecule has 3 nitrogen and oxygen atoms in total. The molecule has 1 amide bonds. The largest absolute Gasteiger partial charge is 0.352 e. The van der Waals surface area contributed by atoms with Crippen LogP contribution < -0.4 is 5.32 Å². The van der Waals surface area contributed by atoms with Gasteiger partial charge >= 0.3 is 0 Å². The highest BCUT2D eigenvalue weighted by atomic mass is 16.1. The van der Waals surface area contributed by atoms with E-state index >= 15 is 0 Å². The highest BCUT2D eigenvalue weighted by Crippen LogP contribution is 2.17. The lowest BCUT2D eigenvalue weighted by molar-refractivity contribution is -0.117. The summed E-state index contributed by atoms with van der Waals surface area (Å²) in [6.07, 6.45) is 12.3. The van der Waals surface area contributed by atoms with E-state index in [1.807, 2.05) is 24.6 Å². The van der Waals surface area contributed by atoms with Gasteiger partial charge in [0.1, 0.15) is 0 Å². The maximum atomic E-state index is 11.8. The van der Waals surface area contributed by atoms with Gasteiger partial charge in [0.25, 0.3) is 0 Å². The van der Waals surface area contributed by atoms with Crippen LogP contribution in [-0.2, 0) is 4.79 Å². The van der Waals surface area contributed by atoms with E-state index < -0.39 is 0 Å². The van der Waals surface area contributed by atoms with E-state index in [0.29, 0.717) is 6.04 Å². The van der Waals surface area contributed by atoms with Gasteiger partial charge in [0.05, 0.1) is 0 Å². The summed E-state index contributed by atoms with van der Waals surface area (Å²) in [5.41, 5.74) is 0.798. The van der Waals surface area contributed by atoms with Crippen molar-refractivity contribution in [2.24, 2.45) is 0 Å². The number of nitrogens with zero attached hydrogens (tertiary/aromatic N) is 1. The molecule has 1 N–H and O–H groups in total. The van der Waals surface area contributed by atoms with Crippen LogP contribution in [0.4, 0.5) is 0 Å². The Morgan fingerprint density at radius 2 is 2.47 bits per heavy atom. The maximum Gasteiger partial charge on any atom is 0.247 e. The lowest BCUT2D eigenvalue weighted by atomic mass is 10.0. The minimum Gasteiger partial charge on any atom is -0.352 e. The zero-order valence-electron chi connectivity index (χ0n) is 10.5. The van der Waals surface area contributed by atoms with E-state index in [4.69, 9.17) is 0 Å².